The molecule has 3 amide bonds. The molecule has 0 aromatic heterocycles. The summed E-state index contributed by atoms with van der Waals surface area (Å²) in [5, 5.41) is 8.49. The van der Waals surface area contributed by atoms with Crippen LogP contribution in [-0.4, -0.2) is 29.2 Å². The van der Waals surface area contributed by atoms with Gasteiger partial charge >= 0.3 is 6.09 Å². The van der Waals surface area contributed by atoms with Gasteiger partial charge in [0.05, 0.1) is 14.5 Å². The minimum absolute atomic E-state index is 0.213. The van der Waals surface area contributed by atoms with Crippen LogP contribution in [0, 0.1) is 17.3 Å². The van der Waals surface area contributed by atoms with Crippen LogP contribution >= 0.6 is 7.92 Å². The van der Waals surface area contributed by atoms with E-state index in [1.54, 1.807) is 0 Å². The summed E-state index contributed by atoms with van der Waals surface area (Å²) in [5.41, 5.74) is 1.41. The van der Waals surface area contributed by atoms with Crippen molar-refractivity contribution in [3.8, 4) is 0 Å². The van der Waals surface area contributed by atoms with Crippen molar-refractivity contribution in [2.45, 2.75) is 43.7 Å². The largest absolute Gasteiger partial charge is 0.449 e. The number of anilines is 3. The first-order valence-electron chi connectivity index (χ1n) is 13.9. The zero-order valence-corrected chi connectivity index (χ0v) is 23.2. The molecular weight excluding hydrogens is 521 g/mol. The maximum Gasteiger partial charge on any atom is 0.411 e. The van der Waals surface area contributed by atoms with E-state index < -0.39 is 19.2 Å². The number of rotatable bonds is 8. The second kappa shape index (κ2) is 11.1. The lowest BCUT2D eigenvalue weighted by Gasteiger charge is -2.63. The highest BCUT2D eigenvalue weighted by atomic mass is 31.1. The van der Waals surface area contributed by atoms with Gasteiger partial charge in [0.15, 0.2) is 0 Å². The van der Waals surface area contributed by atoms with E-state index in [2.05, 4.69) is 16.0 Å². The van der Waals surface area contributed by atoms with Gasteiger partial charge in [0.25, 0.3) is 11.3 Å². The van der Waals surface area contributed by atoms with Gasteiger partial charge in [-0.15, -0.1) is 0 Å². The van der Waals surface area contributed by atoms with Gasteiger partial charge in [0, 0.05) is 27.6 Å². The zero-order chi connectivity index (χ0) is 27.6. The van der Waals surface area contributed by atoms with Gasteiger partial charge in [-0.3, -0.25) is 14.9 Å². The predicted octanol–water partition coefficient (Wildman–Crippen LogP) is 8.52. The topological polar surface area (TPSA) is 96.5 Å². The van der Waals surface area contributed by atoms with Crippen LogP contribution in [0.2, 0.25) is 0 Å². The molecule has 0 radical (unpaired) electrons. The number of nitrogens with one attached hydrogen (secondary N) is 3. The molecule has 4 saturated carbocycles. The molecule has 0 spiro atoms. The van der Waals surface area contributed by atoms with E-state index in [-0.39, 0.29) is 16.7 Å². The van der Waals surface area contributed by atoms with Crippen LogP contribution in [-0.2, 0) is 4.74 Å². The number of para-hydroxylation sites is 3. The average Bonchev–Trinajstić information content (AvgIpc) is 2.93. The summed E-state index contributed by atoms with van der Waals surface area (Å²) in [6, 6.07) is 28.0. The molecule has 3 aromatic rings. The van der Waals surface area contributed by atoms with E-state index in [0.29, 0.717) is 41.9 Å². The summed E-state index contributed by atoms with van der Waals surface area (Å²) in [6.07, 6.45) is 5.00. The third kappa shape index (κ3) is 5.62. The minimum Gasteiger partial charge on any atom is -0.449 e. The SMILES string of the molecule is O=C(Nc1ccccc1)OCC12C[C@H]3C[C@@H](C1)CC(P(C(=O)Nc1ccccc1)C(=O)Nc1ccccc1)(C3)C2. The molecule has 8 heteroatoms. The summed E-state index contributed by atoms with van der Waals surface area (Å²) in [7, 11) is -1.76. The lowest BCUT2D eigenvalue weighted by atomic mass is 9.49. The molecule has 206 valence electrons. The second-order valence-electron chi connectivity index (χ2n) is 11.7. The summed E-state index contributed by atoms with van der Waals surface area (Å²) in [6.45, 7) is 0.296. The van der Waals surface area contributed by atoms with Gasteiger partial charge in [-0.1, -0.05) is 54.6 Å². The van der Waals surface area contributed by atoms with E-state index in [1.807, 2.05) is 91.0 Å². The molecule has 4 aliphatic carbocycles. The van der Waals surface area contributed by atoms with Crippen molar-refractivity contribution in [3.63, 3.8) is 0 Å². The number of carbonyl (C=O) groups excluding carboxylic acids is 3. The Labute approximate surface area is 235 Å². The third-order valence-electron chi connectivity index (χ3n) is 8.61. The molecule has 0 heterocycles. The molecule has 4 aliphatic rings. The fourth-order valence-corrected chi connectivity index (χ4v) is 10.6. The second-order valence-corrected chi connectivity index (χ2v) is 14.1. The Morgan fingerprint density at radius 3 is 1.60 bits per heavy atom. The lowest BCUT2D eigenvalue weighted by Crippen LogP contribution is -2.57. The van der Waals surface area contributed by atoms with E-state index >= 15 is 0 Å². The number of carbonyl (C=O) groups is 3. The van der Waals surface area contributed by atoms with Gasteiger partial charge in [-0.05, 0) is 86.8 Å². The average molecular weight is 556 g/mol. The number of hydrogen-bond donors (Lipinski definition) is 3. The molecule has 7 nitrogen and oxygen atoms in total. The van der Waals surface area contributed by atoms with Crippen molar-refractivity contribution in [2.24, 2.45) is 17.3 Å². The maximum absolute atomic E-state index is 14.0. The van der Waals surface area contributed by atoms with Gasteiger partial charge < -0.3 is 15.4 Å². The quantitative estimate of drug-likeness (QED) is 0.243. The molecule has 2 unspecified atom stereocenters. The van der Waals surface area contributed by atoms with E-state index in [9.17, 15) is 14.4 Å². The van der Waals surface area contributed by atoms with Crippen LogP contribution in [0.4, 0.5) is 31.4 Å². The van der Waals surface area contributed by atoms with Crippen LogP contribution in [0.5, 0.6) is 0 Å². The Morgan fingerprint density at radius 1 is 0.675 bits per heavy atom. The molecule has 3 aromatic carbocycles. The minimum atomic E-state index is -1.76. The van der Waals surface area contributed by atoms with E-state index in [4.69, 9.17) is 4.74 Å². The van der Waals surface area contributed by atoms with Crippen LogP contribution in [0.15, 0.2) is 91.0 Å². The van der Waals surface area contributed by atoms with Crippen LogP contribution in [0.25, 0.3) is 0 Å². The van der Waals surface area contributed by atoms with Crippen molar-refractivity contribution in [1.29, 1.82) is 0 Å². The lowest BCUT2D eigenvalue weighted by molar-refractivity contribution is -0.0695. The molecule has 4 bridgehead atoms. The number of benzene rings is 3. The molecule has 7 rings (SSSR count). The molecule has 3 N–H and O–H groups in total. The Balaban J connectivity index is 1.25. The van der Waals surface area contributed by atoms with Crippen LogP contribution < -0.4 is 16.0 Å². The van der Waals surface area contributed by atoms with Crippen LogP contribution in [0.1, 0.15) is 38.5 Å². The smallest absolute Gasteiger partial charge is 0.411 e. The van der Waals surface area contributed by atoms with Gasteiger partial charge in [0.1, 0.15) is 0 Å². The van der Waals surface area contributed by atoms with Crippen molar-refractivity contribution < 1.29 is 19.1 Å². The van der Waals surface area contributed by atoms with Gasteiger partial charge in [0.2, 0.25) is 0 Å². The highest BCUT2D eigenvalue weighted by Gasteiger charge is 2.63. The number of ether oxygens (including phenoxy) is 1. The Bertz CT molecular complexity index is 1300. The third-order valence-corrected chi connectivity index (χ3v) is 11.1. The first-order chi connectivity index (χ1) is 19.4. The van der Waals surface area contributed by atoms with Crippen molar-refractivity contribution in [1.82, 2.24) is 0 Å². The standard InChI is InChI=1S/C32H34N3O4P/c36-28(33-25-10-4-1-5-11-25)39-22-31-17-23-16-24(18-31)20-32(19-23,21-31)40(29(37)34-26-12-6-2-7-13-26)30(38)35-27-14-8-3-9-15-27/h1-15,23-24H,16-22H2,(H,33,36)(H,34,37)(H,35,38)/t23-,24+,31?,32?. The fraction of sp³-hybridized carbons (Fsp3) is 0.344. The monoisotopic (exact) mass is 555 g/mol. The molecular formula is C32H34N3O4P. The predicted molar refractivity (Wildman–Crippen MR) is 159 cm³/mol. The van der Waals surface area contributed by atoms with Crippen molar-refractivity contribution in [3.05, 3.63) is 91.0 Å². The number of hydrogen-bond acceptors (Lipinski definition) is 4. The summed E-state index contributed by atoms with van der Waals surface area (Å²) in [5.74, 6) is 0.835. The van der Waals surface area contributed by atoms with Crippen molar-refractivity contribution in [2.75, 3.05) is 22.6 Å². The first kappa shape index (κ1) is 26.5. The molecule has 4 atom stereocenters. The highest BCUT2D eigenvalue weighted by molar-refractivity contribution is 7.90. The molecule has 0 aliphatic heterocycles. The van der Waals surface area contributed by atoms with Crippen LogP contribution in [0.3, 0.4) is 0 Å². The summed E-state index contributed by atoms with van der Waals surface area (Å²) in [4.78, 5) is 40.7. The zero-order valence-electron chi connectivity index (χ0n) is 22.3. The number of amides is 3. The summed E-state index contributed by atoms with van der Waals surface area (Å²) < 4.78 is 5.82. The molecule has 4 fully saturated rings. The Kier molecular flexibility index (Phi) is 7.33. The fourth-order valence-electron chi connectivity index (χ4n) is 7.65. The van der Waals surface area contributed by atoms with E-state index in [0.717, 1.165) is 32.1 Å². The molecule has 0 saturated heterocycles. The first-order valence-corrected chi connectivity index (χ1v) is 15.3. The Hall–Kier alpha value is -3.70. The van der Waals surface area contributed by atoms with Crippen molar-refractivity contribution >= 4 is 42.4 Å². The normalized spacial score (nSPS) is 26.2. The van der Waals surface area contributed by atoms with Gasteiger partial charge in [-0.2, -0.15) is 0 Å². The molecule has 40 heavy (non-hydrogen) atoms. The Morgan fingerprint density at radius 2 is 1.12 bits per heavy atom. The van der Waals surface area contributed by atoms with E-state index in [1.165, 1.54) is 0 Å². The summed E-state index contributed by atoms with van der Waals surface area (Å²) >= 11 is 0. The highest BCUT2D eigenvalue weighted by Crippen LogP contribution is 2.72. The maximum atomic E-state index is 14.0. The van der Waals surface area contributed by atoms with Gasteiger partial charge in [-0.25, -0.2) is 4.79 Å².